The molecule has 1 N–H and O–H groups in total. The molecule has 2 aromatic heterocycles. The van der Waals surface area contributed by atoms with Crippen LogP contribution in [-0.4, -0.2) is 23.3 Å². The first-order valence-electron chi connectivity index (χ1n) is 7.39. The van der Waals surface area contributed by atoms with Crippen LogP contribution in [0, 0.1) is 13.8 Å². The fourth-order valence-electron chi connectivity index (χ4n) is 2.37. The molecule has 0 fully saturated rings. The van der Waals surface area contributed by atoms with Gasteiger partial charge in [0.2, 0.25) is 0 Å². The lowest BCUT2D eigenvalue weighted by Crippen LogP contribution is -2.23. The standard InChI is InChI=1S/C17H17N3O4/c1-10-16(11(2)23-19-10)17(21)18-9-13-8-15(24-20-13)12-5-4-6-14(7-12)22-3/h4-8H,9H2,1-3H3,(H,18,21). The summed E-state index contributed by atoms with van der Waals surface area (Å²) in [7, 11) is 1.61. The van der Waals surface area contributed by atoms with Crippen molar-refractivity contribution in [3.8, 4) is 17.1 Å². The van der Waals surface area contributed by atoms with E-state index < -0.39 is 0 Å². The summed E-state index contributed by atoms with van der Waals surface area (Å²) >= 11 is 0. The molecule has 124 valence electrons. The molecule has 24 heavy (non-hydrogen) atoms. The lowest BCUT2D eigenvalue weighted by molar-refractivity contribution is 0.0948. The fourth-order valence-corrected chi connectivity index (χ4v) is 2.37. The van der Waals surface area contributed by atoms with Gasteiger partial charge in [-0.2, -0.15) is 0 Å². The number of benzene rings is 1. The summed E-state index contributed by atoms with van der Waals surface area (Å²) in [5.41, 5.74) is 2.48. The highest BCUT2D eigenvalue weighted by Crippen LogP contribution is 2.24. The molecule has 0 radical (unpaired) electrons. The number of carbonyl (C=O) groups is 1. The van der Waals surface area contributed by atoms with Gasteiger partial charge in [0.25, 0.3) is 5.91 Å². The molecule has 0 atom stereocenters. The van der Waals surface area contributed by atoms with Gasteiger partial charge in [-0.15, -0.1) is 0 Å². The van der Waals surface area contributed by atoms with Gasteiger partial charge in [0, 0.05) is 11.6 Å². The third kappa shape index (κ3) is 3.15. The monoisotopic (exact) mass is 327 g/mol. The van der Waals surface area contributed by atoms with Gasteiger partial charge in [-0.3, -0.25) is 4.79 Å². The van der Waals surface area contributed by atoms with Crippen LogP contribution in [0.1, 0.15) is 27.5 Å². The summed E-state index contributed by atoms with van der Waals surface area (Å²) in [5, 5.41) is 10.5. The van der Waals surface area contributed by atoms with Crippen LogP contribution in [-0.2, 0) is 6.54 Å². The van der Waals surface area contributed by atoms with Crippen molar-refractivity contribution in [2.75, 3.05) is 7.11 Å². The molecule has 1 amide bonds. The highest BCUT2D eigenvalue weighted by atomic mass is 16.5. The summed E-state index contributed by atoms with van der Waals surface area (Å²) in [5.74, 6) is 1.58. The molecule has 0 aliphatic carbocycles. The number of nitrogens with zero attached hydrogens (tertiary/aromatic N) is 2. The van der Waals surface area contributed by atoms with Gasteiger partial charge >= 0.3 is 0 Å². The minimum Gasteiger partial charge on any atom is -0.497 e. The minimum atomic E-state index is -0.253. The van der Waals surface area contributed by atoms with Crippen molar-refractivity contribution in [1.82, 2.24) is 15.6 Å². The summed E-state index contributed by atoms with van der Waals surface area (Å²) in [4.78, 5) is 12.2. The molecule has 0 spiro atoms. The highest BCUT2D eigenvalue weighted by molar-refractivity contribution is 5.95. The maximum absolute atomic E-state index is 12.2. The Bertz CT molecular complexity index is 847. The van der Waals surface area contributed by atoms with E-state index in [0.717, 1.165) is 11.3 Å². The summed E-state index contributed by atoms with van der Waals surface area (Å²) in [6.45, 7) is 3.67. The number of hydrogen-bond acceptors (Lipinski definition) is 6. The van der Waals surface area contributed by atoms with E-state index in [-0.39, 0.29) is 12.5 Å². The topological polar surface area (TPSA) is 90.4 Å². The predicted molar refractivity (Wildman–Crippen MR) is 85.6 cm³/mol. The Labute approximate surface area is 138 Å². The number of ether oxygens (including phenoxy) is 1. The molecule has 0 aliphatic heterocycles. The first kappa shape index (κ1) is 15.8. The Hall–Kier alpha value is -3.09. The lowest BCUT2D eigenvalue weighted by Gasteiger charge is -2.01. The Morgan fingerprint density at radius 2 is 2.04 bits per heavy atom. The molecular weight excluding hydrogens is 310 g/mol. The smallest absolute Gasteiger partial charge is 0.257 e. The minimum absolute atomic E-state index is 0.246. The van der Waals surface area contributed by atoms with Crippen molar-refractivity contribution in [2.24, 2.45) is 0 Å². The second-order valence-corrected chi connectivity index (χ2v) is 5.30. The van der Waals surface area contributed by atoms with Crippen LogP contribution < -0.4 is 10.1 Å². The molecule has 0 aliphatic rings. The molecule has 1 aromatic carbocycles. The van der Waals surface area contributed by atoms with E-state index in [1.54, 1.807) is 27.0 Å². The predicted octanol–water partition coefficient (Wildman–Crippen LogP) is 2.89. The zero-order valence-corrected chi connectivity index (χ0v) is 13.6. The average molecular weight is 327 g/mol. The van der Waals surface area contributed by atoms with Crippen LogP contribution in [0.5, 0.6) is 5.75 Å². The van der Waals surface area contributed by atoms with Gasteiger partial charge in [-0.05, 0) is 26.0 Å². The van der Waals surface area contributed by atoms with Crippen molar-refractivity contribution in [3.05, 3.63) is 53.0 Å². The van der Waals surface area contributed by atoms with Crippen LogP contribution in [0.25, 0.3) is 11.3 Å². The van der Waals surface area contributed by atoms with Crippen molar-refractivity contribution in [1.29, 1.82) is 0 Å². The van der Waals surface area contributed by atoms with Crippen LogP contribution >= 0.6 is 0 Å². The second kappa shape index (κ2) is 6.57. The molecular formula is C17H17N3O4. The highest BCUT2D eigenvalue weighted by Gasteiger charge is 2.17. The normalized spacial score (nSPS) is 10.6. The number of methoxy groups -OCH3 is 1. The molecule has 7 heteroatoms. The van der Waals surface area contributed by atoms with Crippen molar-refractivity contribution in [2.45, 2.75) is 20.4 Å². The van der Waals surface area contributed by atoms with Gasteiger partial charge in [0.15, 0.2) is 5.76 Å². The van der Waals surface area contributed by atoms with Gasteiger partial charge in [0.05, 0.1) is 19.3 Å². The second-order valence-electron chi connectivity index (χ2n) is 5.30. The molecule has 0 saturated carbocycles. The van der Waals surface area contributed by atoms with E-state index in [9.17, 15) is 4.79 Å². The van der Waals surface area contributed by atoms with E-state index in [0.29, 0.717) is 28.5 Å². The van der Waals surface area contributed by atoms with Crippen molar-refractivity contribution >= 4 is 5.91 Å². The largest absolute Gasteiger partial charge is 0.497 e. The summed E-state index contributed by atoms with van der Waals surface area (Å²) in [6.07, 6.45) is 0. The molecule has 0 unspecified atom stereocenters. The Balaban J connectivity index is 1.69. The zero-order valence-electron chi connectivity index (χ0n) is 13.6. The van der Waals surface area contributed by atoms with E-state index in [1.807, 2.05) is 24.3 Å². The quantitative estimate of drug-likeness (QED) is 0.775. The van der Waals surface area contributed by atoms with Crippen molar-refractivity contribution in [3.63, 3.8) is 0 Å². The van der Waals surface area contributed by atoms with E-state index in [1.165, 1.54) is 0 Å². The number of hydrogen-bond donors (Lipinski definition) is 1. The molecule has 0 saturated heterocycles. The lowest BCUT2D eigenvalue weighted by atomic mass is 10.1. The number of nitrogens with one attached hydrogen (secondary N) is 1. The van der Waals surface area contributed by atoms with E-state index in [4.69, 9.17) is 13.8 Å². The Kier molecular flexibility index (Phi) is 4.33. The molecule has 0 bridgehead atoms. The molecule has 7 nitrogen and oxygen atoms in total. The van der Waals surface area contributed by atoms with Gasteiger partial charge < -0.3 is 19.1 Å². The SMILES string of the molecule is COc1cccc(-c2cc(CNC(=O)c3c(C)noc3C)no2)c1. The summed E-state index contributed by atoms with van der Waals surface area (Å²) in [6, 6.07) is 9.25. The Morgan fingerprint density at radius 1 is 1.21 bits per heavy atom. The summed E-state index contributed by atoms with van der Waals surface area (Å²) < 4.78 is 15.5. The van der Waals surface area contributed by atoms with Crippen LogP contribution in [0.3, 0.4) is 0 Å². The number of carbonyl (C=O) groups excluding carboxylic acids is 1. The van der Waals surface area contributed by atoms with Crippen LogP contribution in [0.4, 0.5) is 0 Å². The first-order chi connectivity index (χ1) is 11.6. The number of rotatable bonds is 5. The molecule has 3 aromatic rings. The maximum Gasteiger partial charge on any atom is 0.257 e. The van der Waals surface area contributed by atoms with E-state index in [2.05, 4.69) is 15.6 Å². The van der Waals surface area contributed by atoms with E-state index >= 15 is 0 Å². The first-order valence-corrected chi connectivity index (χ1v) is 7.39. The maximum atomic E-state index is 12.2. The average Bonchev–Trinajstić information content (AvgIpc) is 3.19. The third-order valence-electron chi connectivity index (χ3n) is 3.60. The van der Waals surface area contributed by atoms with Crippen LogP contribution in [0.15, 0.2) is 39.4 Å². The number of aromatic nitrogens is 2. The fraction of sp³-hybridized carbons (Fsp3) is 0.235. The Morgan fingerprint density at radius 3 is 2.75 bits per heavy atom. The third-order valence-corrected chi connectivity index (χ3v) is 3.60. The van der Waals surface area contributed by atoms with Crippen LogP contribution in [0.2, 0.25) is 0 Å². The van der Waals surface area contributed by atoms with Crippen molar-refractivity contribution < 1.29 is 18.6 Å². The molecule has 2 heterocycles. The van der Waals surface area contributed by atoms with Gasteiger partial charge in [-0.25, -0.2) is 0 Å². The molecule has 3 rings (SSSR count). The number of aryl methyl sites for hydroxylation is 2. The van der Waals surface area contributed by atoms with Gasteiger partial charge in [-0.1, -0.05) is 22.4 Å². The zero-order chi connectivity index (χ0) is 17.1. The van der Waals surface area contributed by atoms with Gasteiger partial charge in [0.1, 0.15) is 22.8 Å². The number of amides is 1.